The summed E-state index contributed by atoms with van der Waals surface area (Å²) in [6.45, 7) is 5.01. The van der Waals surface area contributed by atoms with E-state index in [9.17, 15) is 9.59 Å². The fourth-order valence-corrected chi connectivity index (χ4v) is 2.36. The highest BCUT2D eigenvalue weighted by molar-refractivity contribution is 5.98. The molecule has 1 aliphatic rings. The number of anilines is 1. The van der Waals surface area contributed by atoms with Crippen LogP contribution in [0, 0.1) is 0 Å². The van der Waals surface area contributed by atoms with E-state index in [1.54, 1.807) is 16.9 Å². The lowest BCUT2D eigenvalue weighted by Crippen LogP contribution is -2.55. The molecule has 0 saturated carbocycles. The number of piperazine rings is 1. The van der Waals surface area contributed by atoms with Crippen LogP contribution in [0.2, 0.25) is 0 Å². The molecule has 3 amide bonds. The van der Waals surface area contributed by atoms with Crippen LogP contribution in [0.1, 0.15) is 20.3 Å². The van der Waals surface area contributed by atoms with Gasteiger partial charge in [-0.3, -0.25) is 4.79 Å². The van der Waals surface area contributed by atoms with Crippen LogP contribution in [-0.2, 0) is 4.79 Å². The Bertz CT molecular complexity index is 547. The number of nitrogens with one attached hydrogen (secondary N) is 1. The fraction of sp³-hybridized carbons (Fsp3) is 0.500. The zero-order valence-corrected chi connectivity index (χ0v) is 13.3. The van der Waals surface area contributed by atoms with Crippen molar-refractivity contribution < 1.29 is 14.3 Å². The second-order valence-corrected chi connectivity index (χ2v) is 5.40. The lowest BCUT2D eigenvalue weighted by atomic mass is 10.2. The normalized spacial score (nSPS) is 16.4. The maximum absolute atomic E-state index is 12.4. The van der Waals surface area contributed by atoms with E-state index in [0.29, 0.717) is 18.8 Å². The average molecular weight is 305 g/mol. The molecule has 0 aromatic heterocycles. The highest BCUT2D eigenvalue weighted by atomic mass is 16.5. The molecule has 0 unspecified atom stereocenters. The van der Waals surface area contributed by atoms with Crippen LogP contribution < -0.4 is 15.0 Å². The van der Waals surface area contributed by atoms with Crippen LogP contribution in [0.5, 0.6) is 5.75 Å². The second-order valence-electron chi connectivity index (χ2n) is 5.40. The summed E-state index contributed by atoms with van der Waals surface area (Å²) in [5.41, 5.74) is 0.747. The first-order valence-corrected chi connectivity index (χ1v) is 7.55. The molecule has 1 N–H and O–H groups in total. The average Bonchev–Trinajstić information content (AvgIpc) is 2.54. The molecule has 1 fully saturated rings. The molecule has 0 radical (unpaired) electrons. The Morgan fingerprint density at radius 2 is 2.09 bits per heavy atom. The van der Waals surface area contributed by atoms with E-state index < -0.39 is 0 Å². The number of carbonyl (C=O) groups excluding carboxylic acids is 2. The number of nitrogens with zero attached hydrogens (tertiary/aromatic N) is 2. The number of para-hydroxylation sites is 2. The quantitative estimate of drug-likeness (QED) is 0.923. The van der Waals surface area contributed by atoms with Crippen LogP contribution in [0.25, 0.3) is 0 Å². The second kappa shape index (κ2) is 7.15. The monoisotopic (exact) mass is 305 g/mol. The summed E-state index contributed by atoms with van der Waals surface area (Å²) in [5.74, 6) is 0.559. The number of methoxy groups -OCH3 is 1. The minimum atomic E-state index is -0.178. The number of carbonyl (C=O) groups is 2. The third kappa shape index (κ3) is 3.50. The molecular formula is C16H23N3O3. The summed E-state index contributed by atoms with van der Waals surface area (Å²) in [6.07, 6.45) is 0.862. The van der Waals surface area contributed by atoms with Crippen LogP contribution >= 0.6 is 0 Å². The first-order valence-electron chi connectivity index (χ1n) is 7.55. The van der Waals surface area contributed by atoms with Crippen molar-refractivity contribution in [3.63, 3.8) is 0 Å². The smallest absolute Gasteiger partial charge is 0.318 e. The fourth-order valence-electron chi connectivity index (χ4n) is 2.36. The van der Waals surface area contributed by atoms with Gasteiger partial charge in [0.1, 0.15) is 12.3 Å². The van der Waals surface area contributed by atoms with E-state index >= 15 is 0 Å². The van der Waals surface area contributed by atoms with Crippen LogP contribution in [-0.4, -0.2) is 49.6 Å². The highest BCUT2D eigenvalue weighted by Crippen LogP contribution is 2.28. The van der Waals surface area contributed by atoms with E-state index in [-0.39, 0.29) is 24.5 Å². The Morgan fingerprint density at radius 1 is 1.36 bits per heavy atom. The minimum absolute atomic E-state index is 0.0836. The molecular weight excluding hydrogens is 282 g/mol. The Balaban J connectivity index is 2.04. The molecule has 1 saturated heterocycles. The topological polar surface area (TPSA) is 61.9 Å². The van der Waals surface area contributed by atoms with Gasteiger partial charge in [-0.2, -0.15) is 0 Å². The Morgan fingerprint density at radius 3 is 2.73 bits per heavy atom. The van der Waals surface area contributed by atoms with E-state index in [0.717, 1.165) is 12.1 Å². The largest absolute Gasteiger partial charge is 0.495 e. The standard InChI is InChI=1S/C16H23N3O3/c1-4-12(2)17-16(21)18-9-10-19(15(20)11-18)13-7-5-6-8-14(13)22-3/h5-8,12H,4,9-11H2,1-3H3,(H,17,21)/t12-/m1/s1. The zero-order chi connectivity index (χ0) is 16.1. The van der Waals surface area contributed by atoms with Crippen LogP contribution in [0.15, 0.2) is 24.3 Å². The SMILES string of the molecule is CC[C@@H](C)NC(=O)N1CCN(c2ccccc2OC)C(=O)C1. The molecule has 2 rings (SSSR count). The van der Waals surface area contributed by atoms with Crippen molar-refractivity contribution in [3.8, 4) is 5.75 Å². The summed E-state index contributed by atoms with van der Waals surface area (Å²) in [6, 6.07) is 7.34. The van der Waals surface area contributed by atoms with Crippen LogP contribution in [0.3, 0.4) is 0 Å². The van der Waals surface area contributed by atoms with E-state index in [2.05, 4.69) is 5.32 Å². The molecule has 0 spiro atoms. The summed E-state index contributed by atoms with van der Waals surface area (Å²) in [7, 11) is 1.58. The predicted octanol–water partition coefficient (Wildman–Crippen LogP) is 1.85. The molecule has 1 aliphatic heterocycles. The number of urea groups is 1. The van der Waals surface area contributed by atoms with Gasteiger partial charge in [-0.15, -0.1) is 0 Å². The first-order chi connectivity index (χ1) is 10.6. The molecule has 120 valence electrons. The maximum Gasteiger partial charge on any atom is 0.318 e. The van der Waals surface area contributed by atoms with Gasteiger partial charge in [-0.25, -0.2) is 4.79 Å². The summed E-state index contributed by atoms with van der Waals surface area (Å²) in [5, 5.41) is 2.89. The van der Waals surface area contributed by atoms with Gasteiger partial charge in [-0.1, -0.05) is 19.1 Å². The minimum Gasteiger partial charge on any atom is -0.495 e. The lowest BCUT2D eigenvalue weighted by Gasteiger charge is -2.35. The van der Waals surface area contributed by atoms with Crippen molar-refractivity contribution in [3.05, 3.63) is 24.3 Å². The molecule has 0 aliphatic carbocycles. The molecule has 0 bridgehead atoms. The van der Waals surface area contributed by atoms with Gasteiger partial charge in [0.15, 0.2) is 0 Å². The van der Waals surface area contributed by atoms with Gasteiger partial charge in [0, 0.05) is 19.1 Å². The van der Waals surface area contributed by atoms with Gasteiger partial charge in [0.2, 0.25) is 5.91 Å². The number of ether oxygens (including phenoxy) is 1. The predicted molar refractivity (Wildman–Crippen MR) is 85.2 cm³/mol. The van der Waals surface area contributed by atoms with Crippen LogP contribution in [0.4, 0.5) is 10.5 Å². The zero-order valence-electron chi connectivity index (χ0n) is 13.3. The first kappa shape index (κ1) is 16.1. The van der Waals surface area contributed by atoms with Gasteiger partial charge >= 0.3 is 6.03 Å². The van der Waals surface area contributed by atoms with Crippen molar-refractivity contribution in [2.45, 2.75) is 26.3 Å². The number of rotatable bonds is 4. The van der Waals surface area contributed by atoms with E-state index in [1.807, 2.05) is 38.1 Å². The van der Waals surface area contributed by atoms with Gasteiger partial charge in [0.05, 0.1) is 12.8 Å². The van der Waals surface area contributed by atoms with Crippen molar-refractivity contribution in [1.29, 1.82) is 0 Å². The molecule has 6 nitrogen and oxygen atoms in total. The highest BCUT2D eigenvalue weighted by Gasteiger charge is 2.29. The van der Waals surface area contributed by atoms with Crippen molar-refractivity contribution in [2.24, 2.45) is 0 Å². The Labute approximate surface area is 131 Å². The molecule has 1 aromatic rings. The Kier molecular flexibility index (Phi) is 5.25. The van der Waals surface area contributed by atoms with Crippen molar-refractivity contribution >= 4 is 17.6 Å². The number of hydrogen-bond acceptors (Lipinski definition) is 3. The van der Waals surface area contributed by atoms with Gasteiger partial charge in [0.25, 0.3) is 0 Å². The molecule has 6 heteroatoms. The van der Waals surface area contributed by atoms with E-state index in [4.69, 9.17) is 4.74 Å². The molecule has 1 heterocycles. The summed E-state index contributed by atoms with van der Waals surface area (Å²) < 4.78 is 5.30. The summed E-state index contributed by atoms with van der Waals surface area (Å²) in [4.78, 5) is 27.7. The lowest BCUT2D eigenvalue weighted by molar-refractivity contribution is -0.120. The number of amides is 3. The molecule has 1 atom stereocenters. The van der Waals surface area contributed by atoms with Crippen molar-refractivity contribution in [1.82, 2.24) is 10.2 Å². The van der Waals surface area contributed by atoms with Gasteiger partial charge < -0.3 is 19.9 Å². The van der Waals surface area contributed by atoms with Crippen molar-refractivity contribution in [2.75, 3.05) is 31.6 Å². The Hall–Kier alpha value is -2.24. The third-order valence-corrected chi connectivity index (χ3v) is 3.87. The molecule has 1 aromatic carbocycles. The number of benzene rings is 1. The van der Waals surface area contributed by atoms with Gasteiger partial charge in [-0.05, 0) is 25.5 Å². The van der Waals surface area contributed by atoms with E-state index in [1.165, 1.54) is 0 Å². The number of hydrogen-bond donors (Lipinski definition) is 1. The molecule has 22 heavy (non-hydrogen) atoms. The maximum atomic E-state index is 12.4. The summed E-state index contributed by atoms with van der Waals surface area (Å²) >= 11 is 0. The third-order valence-electron chi connectivity index (χ3n) is 3.87.